The summed E-state index contributed by atoms with van der Waals surface area (Å²) in [5, 5.41) is 15.6. The van der Waals surface area contributed by atoms with E-state index in [0.717, 1.165) is 50.1 Å². The number of aliphatic imine (C=N–C) groups is 1. The van der Waals surface area contributed by atoms with Gasteiger partial charge in [-0.2, -0.15) is 0 Å². The fourth-order valence-electron chi connectivity index (χ4n) is 4.02. The summed E-state index contributed by atoms with van der Waals surface area (Å²) in [4.78, 5) is 7.37. The van der Waals surface area contributed by atoms with Gasteiger partial charge in [-0.1, -0.05) is 19.3 Å². The molecule has 0 radical (unpaired) electrons. The number of guanidine groups is 1. The molecule has 152 valence electrons. The summed E-state index contributed by atoms with van der Waals surface area (Å²) < 4.78 is 2.28. The predicted octanol–water partition coefficient (Wildman–Crippen LogP) is 2.33. The van der Waals surface area contributed by atoms with Crippen molar-refractivity contribution in [3.05, 3.63) is 11.6 Å². The molecule has 0 aliphatic carbocycles. The van der Waals surface area contributed by atoms with Crippen molar-refractivity contribution in [3.8, 4) is 0 Å². The number of rotatable bonds is 7. The second-order valence-corrected chi connectivity index (χ2v) is 7.73. The SMILES string of the molecule is CCNC(=NCc1nnc2n1CCCCC2)NCCCN1CCCCCC1. The van der Waals surface area contributed by atoms with Crippen molar-refractivity contribution in [3.63, 3.8) is 0 Å². The zero-order valence-electron chi connectivity index (χ0n) is 17.0. The summed E-state index contributed by atoms with van der Waals surface area (Å²) in [6, 6.07) is 0. The Balaban J connectivity index is 1.46. The number of fused-ring (bicyclic) bond motifs is 1. The first kappa shape index (κ1) is 20.1. The van der Waals surface area contributed by atoms with Gasteiger partial charge in [-0.25, -0.2) is 4.99 Å². The first-order valence-electron chi connectivity index (χ1n) is 11.0. The molecule has 0 bridgehead atoms. The van der Waals surface area contributed by atoms with E-state index in [1.54, 1.807) is 0 Å². The van der Waals surface area contributed by atoms with Crippen molar-refractivity contribution in [1.82, 2.24) is 30.3 Å². The molecule has 0 amide bonds. The molecule has 1 saturated heterocycles. The Hall–Kier alpha value is -1.63. The lowest BCUT2D eigenvalue weighted by Gasteiger charge is -2.20. The molecule has 2 aliphatic heterocycles. The van der Waals surface area contributed by atoms with E-state index in [1.807, 2.05) is 0 Å². The Bertz CT molecular complexity index is 573. The Labute approximate surface area is 164 Å². The molecule has 3 rings (SSSR count). The van der Waals surface area contributed by atoms with Gasteiger partial charge >= 0.3 is 0 Å². The van der Waals surface area contributed by atoms with E-state index in [-0.39, 0.29) is 0 Å². The molecule has 2 N–H and O–H groups in total. The van der Waals surface area contributed by atoms with Crippen molar-refractivity contribution in [2.45, 2.75) is 77.8 Å². The summed E-state index contributed by atoms with van der Waals surface area (Å²) in [7, 11) is 0. The minimum absolute atomic E-state index is 0.592. The number of hydrogen-bond donors (Lipinski definition) is 2. The molecule has 0 spiro atoms. The Kier molecular flexibility index (Phi) is 8.39. The fourth-order valence-corrected chi connectivity index (χ4v) is 4.02. The lowest BCUT2D eigenvalue weighted by Crippen LogP contribution is -2.39. The van der Waals surface area contributed by atoms with Crippen LogP contribution in [0.15, 0.2) is 4.99 Å². The third-order valence-electron chi connectivity index (χ3n) is 5.55. The molecule has 0 saturated carbocycles. The van der Waals surface area contributed by atoms with Gasteiger partial charge in [0, 0.05) is 26.1 Å². The monoisotopic (exact) mass is 375 g/mol. The van der Waals surface area contributed by atoms with E-state index in [4.69, 9.17) is 4.99 Å². The maximum Gasteiger partial charge on any atom is 0.191 e. The van der Waals surface area contributed by atoms with E-state index in [0.29, 0.717) is 6.54 Å². The first-order valence-corrected chi connectivity index (χ1v) is 11.0. The number of nitrogens with zero attached hydrogens (tertiary/aromatic N) is 5. The number of aryl methyl sites for hydroxylation is 1. The molecule has 3 heterocycles. The Morgan fingerprint density at radius 2 is 1.74 bits per heavy atom. The molecule has 0 atom stereocenters. The molecular weight excluding hydrogens is 338 g/mol. The number of aromatic nitrogens is 3. The zero-order chi connectivity index (χ0) is 18.7. The zero-order valence-corrected chi connectivity index (χ0v) is 17.0. The van der Waals surface area contributed by atoms with Crippen molar-refractivity contribution < 1.29 is 0 Å². The lowest BCUT2D eigenvalue weighted by molar-refractivity contribution is 0.282. The number of nitrogens with one attached hydrogen (secondary N) is 2. The van der Waals surface area contributed by atoms with Crippen molar-refractivity contribution in [2.24, 2.45) is 4.99 Å². The summed E-state index contributed by atoms with van der Waals surface area (Å²) >= 11 is 0. The molecule has 7 nitrogen and oxygen atoms in total. The third-order valence-corrected chi connectivity index (χ3v) is 5.55. The molecule has 0 unspecified atom stereocenters. The van der Waals surface area contributed by atoms with Crippen LogP contribution in [0.4, 0.5) is 0 Å². The van der Waals surface area contributed by atoms with E-state index in [2.05, 4.69) is 37.2 Å². The van der Waals surface area contributed by atoms with Gasteiger partial charge in [0.1, 0.15) is 12.4 Å². The van der Waals surface area contributed by atoms with Crippen LogP contribution in [0, 0.1) is 0 Å². The lowest BCUT2D eigenvalue weighted by atomic mass is 10.2. The average molecular weight is 376 g/mol. The van der Waals surface area contributed by atoms with Crippen LogP contribution in [-0.4, -0.2) is 58.3 Å². The van der Waals surface area contributed by atoms with E-state index >= 15 is 0 Å². The minimum atomic E-state index is 0.592. The van der Waals surface area contributed by atoms with Gasteiger partial charge in [0.15, 0.2) is 11.8 Å². The van der Waals surface area contributed by atoms with Gasteiger partial charge in [-0.15, -0.1) is 10.2 Å². The smallest absolute Gasteiger partial charge is 0.191 e. The van der Waals surface area contributed by atoms with Gasteiger partial charge < -0.3 is 20.1 Å². The molecule has 0 aromatic carbocycles. The van der Waals surface area contributed by atoms with Crippen molar-refractivity contribution in [1.29, 1.82) is 0 Å². The van der Waals surface area contributed by atoms with E-state index in [9.17, 15) is 0 Å². The minimum Gasteiger partial charge on any atom is -0.357 e. The van der Waals surface area contributed by atoms with Crippen LogP contribution >= 0.6 is 0 Å². The highest BCUT2D eigenvalue weighted by molar-refractivity contribution is 5.79. The highest BCUT2D eigenvalue weighted by Crippen LogP contribution is 2.14. The maximum absolute atomic E-state index is 4.75. The summed E-state index contributed by atoms with van der Waals surface area (Å²) in [6.45, 7) is 9.29. The van der Waals surface area contributed by atoms with Gasteiger partial charge in [0.25, 0.3) is 0 Å². The second-order valence-electron chi connectivity index (χ2n) is 7.73. The van der Waals surface area contributed by atoms with Crippen LogP contribution in [0.5, 0.6) is 0 Å². The molecule has 27 heavy (non-hydrogen) atoms. The van der Waals surface area contributed by atoms with E-state index in [1.165, 1.54) is 64.6 Å². The average Bonchev–Trinajstić information content (AvgIpc) is 2.88. The van der Waals surface area contributed by atoms with Crippen LogP contribution in [0.3, 0.4) is 0 Å². The highest BCUT2D eigenvalue weighted by Gasteiger charge is 2.14. The second kappa shape index (κ2) is 11.3. The van der Waals surface area contributed by atoms with Gasteiger partial charge in [0.2, 0.25) is 0 Å². The first-order chi connectivity index (χ1) is 13.4. The van der Waals surface area contributed by atoms with Crippen LogP contribution in [0.25, 0.3) is 0 Å². The largest absolute Gasteiger partial charge is 0.357 e. The normalized spacial score (nSPS) is 19.2. The summed E-state index contributed by atoms with van der Waals surface area (Å²) in [5.41, 5.74) is 0. The molecule has 7 heteroatoms. The number of hydrogen-bond acceptors (Lipinski definition) is 4. The quantitative estimate of drug-likeness (QED) is 0.435. The van der Waals surface area contributed by atoms with Crippen LogP contribution < -0.4 is 10.6 Å². The molecular formula is C20H37N7. The van der Waals surface area contributed by atoms with Gasteiger partial charge in [0.05, 0.1) is 0 Å². The molecule has 1 aromatic heterocycles. The highest BCUT2D eigenvalue weighted by atomic mass is 15.3. The van der Waals surface area contributed by atoms with E-state index < -0.39 is 0 Å². The van der Waals surface area contributed by atoms with Crippen LogP contribution in [0.1, 0.15) is 69.9 Å². The summed E-state index contributed by atoms with van der Waals surface area (Å²) in [5.74, 6) is 3.01. The standard InChI is InChI=1S/C20H37N7/c1-2-21-20(22-12-10-15-26-13-7-3-4-8-14-26)23-17-19-25-24-18-11-6-5-9-16-27(18)19/h2-17H2,1H3,(H2,21,22,23). The topological polar surface area (TPSA) is 70.4 Å². The van der Waals surface area contributed by atoms with Crippen molar-refractivity contribution >= 4 is 5.96 Å². The maximum atomic E-state index is 4.75. The fraction of sp³-hybridized carbons (Fsp3) is 0.850. The van der Waals surface area contributed by atoms with Gasteiger partial charge in [-0.05, 0) is 58.7 Å². The summed E-state index contributed by atoms with van der Waals surface area (Å²) in [6.07, 6.45) is 11.5. The Morgan fingerprint density at radius 3 is 2.56 bits per heavy atom. The molecule has 2 aliphatic rings. The van der Waals surface area contributed by atoms with Crippen LogP contribution in [0.2, 0.25) is 0 Å². The third kappa shape index (κ3) is 6.48. The van der Waals surface area contributed by atoms with Gasteiger partial charge in [-0.3, -0.25) is 0 Å². The predicted molar refractivity (Wildman–Crippen MR) is 110 cm³/mol. The molecule has 1 aromatic rings. The van der Waals surface area contributed by atoms with Crippen molar-refractivity contribution in [2.75, 3.05) is 32.7 Å². The van der Waals surface area contributed by atoms with Crippen LogP contribution in [-0.2, 0) is 19.5 Å². The number of likely N-dealkylation sites (tertiary alicyclic amines) is 1. The molecule has 1 fully saturated rings. The Morgan fingerprint density at radius 1 is 0.963 bits per heavy atom.